The number of hydrogen-bond acceptors (Lipinski definition) is 6. The van der Waals surface area contributed by atoms with Gasteiger partial charge in [0.25, 0.3) is 11.6 Å². The molecule has 0 aliphatic carbocycles. The van der Waals surface area contributed by atoms with Gasteiger partial charge in [-0.1, -0.05) is 0 Å². The maximum Gasteiger partial charge on any atom is 0.271 e. The van der Waals surface area contributed by atoms with Crippen LogP contribution in [0.15, 0.2) is 70.2 Å². The van der Waals surface area contributed by atoms with Gasteiger partial charge in [0.2, 0.25) is 0 Å². The predicted octanol–water partition coefficient (Wildman–Crippen LogP) is 4.46. The Balaban J connectivity index is 1.60. The van der Waals surface area contributed by atoms with Gasteiger partial charge in [-0.2, -0.15) is 5.10 Å². The molecule has 0 spiro atoms. The molecular weight excluding hydrogens is 384 g/mol. The lowest BCUT2D eigenvalue weighted by Crippen LogP contribution is -2.22. The quantitative estimate of drug-likeness (QED) is 0.338. The summed E-state index contributed by atoms with van der Waals surface area (Å²) in [6.07, 6.45) is 1.40. The number of hydrogen-bond donors (Lipinski definition) is 1. The highest BCUT2D eigenvalue weighted by Crippen LogP contribution is 2.24. The number of carbonyl (C=O) groups is 1. The second-order valence-corrected chi connectivity index (χ2v) is 6.42. The van der Waals surface area contributed by atoms with Crippen LogP contribution < -0.4 is 10.3 Å². The summed E-state index contributed by atoms with van der Waals surface area (Å²) in [6, 6.07) is 16.8. The van der Waals surface area contributed by atoms with Crippen molar-refractivity contribution >= 4 is 23.5 Å². The van der Waals surface area contributed by atoms with Gasteiger partial charge in [0.15, 0.2) is 0 Å². The van der Waals surface area contributed by atoms with E-state index < -0.39 is 4.92 Å². The molecule has 30 heavy (non-hydrogen) atoms. The second kappa shape index (κ2) is 9.51. The van der Waals surface area contributed by atoms with Gasteiger partial charge in [0.1, 0.15) is 11.5 Å². The Labute approximate surface area is 174 Å². The van der Waals surface area contributed by atoms with Gasteiger partial charge in [0.05, 0.1) is 11.1 Å². The van der Waals surface area contributed by atoms with Crippen LogP contribution in [0.1, 0.15) is 30.0 Å². The molecule has 1 aromatic heterocycles. The molecule has 0 fully saturated rings. The van der Waals surface area contributed by atoms with Crippen LogP contribution in [0.3, 0.4) is 0 Å². The lowest BCUT2D eigenvalue weighted by molar-refractivity contribution is -0.384. The van der Waals surface area contributed by atoms with Crippen molar-refractivity contribution in [3.8, 4) is 11.3 Å². The van der Waals surface area contributed by atoms with E-state index in [0.29, 0.717) is 22.6 Å². The number of amides is 1. The number of carbonyl (C=O) groups excluding carboxylic acids is 1. The molecule has 0 saturated carbocycles. The average Bonchev–Trinajstić information content (AvgIpc) is 3.24. The minimum Gasteiger partial charge on any atom is -0.455 e. The van der Waals surface area contributed by atoms with Crippen LogP contribution >= 0.6 is 0 Å². The summed E-state index contributed by atoms with van der Waals surface area (Å²) in [5, 5.41) is 14.7. The van der Waals surface area contributed by atoms with Gasteiger partial charge >= 0.3 is 0 Å². The fourth-order valence-electron chi connectivity index (χ4n) is 2.96. The zero-order valence-electron chi connectivity index (χ0n) is 16.7. The first-order chi connectivity index (χ1) is 14.5. The first-order valence-corrected chi connectivity index (χ1v) is 9.55. The van der Waals surface area contributed by atoms with Crippen LogP contribution in [-0.2, 0) is 0 Å². The molecule has 3 aromatic rings. The maximum absolute atomic E-state index is 12.2. The van der Waals surface area contributed by atoms with Gasteiger partial charge in [-0.3, -0.25) is 14.9 Å². The molecular formula is C22H22N4O4. The largest absolute Gasteiger partial charge is 0.455 e. The van der Waals surface area contributed by atoms with Gasteiger partial charge in [-0.15, -0.1) is 0 Å². The van der Waals surface area contributed by atoms with E-state index >= 15 is 0 Å². The highest BCUT2D eigenvalue weighted by Gasteiger charge is 2.09. The molecule has 8 heteroatoms. The molecule has 154 valence electrons. The van der Waals surface area contributed by atoms with E-state index in [1.165, 1.54) is 18.3 Å². The summed E-state index contributed by atoms with van der Waals surface area (Å²) in [6.45, 7) is 5.97. The van der Waals surface area contributed by atoms with Gasteiger partial charge in [-0.25, -0.2) is 5.43 Å². The molecule has 0 bridgehead atoms. The van der Waals surface area contributed by atoms with E-state index in [1.807, 2.05) is 12.1 Å². The third-order valence-electron chi connectivity index (χ3n) is 4.61. The van der Waals surface area contributed by atoms with Crippen LogP contribution in [0.25, 0.3) is 11.3 Å². The standard InChI is InChI=1S/C22H22N4O4/c1-3-25(4-2)18-9-7-17(8-10-18)22(27)24-23-15-20-13-14-21(30-20)16-5-11-19(12-6-16)26(28)29/h5-15H,3-4H2,1-2H3,(H,24,27)/b23-15-. The summed E-state index contributed by atoms with van der Waals surface area (Å²) in [4.78, 5) is 24.7. The Bertz CT molecular complexity index is 1040. The Hall–Kier alpha value is -3.94. The number of nitro groups is 1. The summed E-state index contributed by atoms with van der Waals surface area (Å²) >= 11 is 0. The van der Waals surface area contributed by atoms with E-state index in [9.17, 15) is 14.9 Å². The third kappa shape index (κ3) is 4.91. The molecule has 8 nitrogen and oxygen atoms in total. The number of nitro benzene ring substituents is 1. The minimum atomic E-state index is -0.455. The Morgan fingerprint density at radius 1 is 1.07 bits per heavy atom. The molecule has 3 rings (SSSR count). The summed E-state index contributed by atoms with van der Waals surface area (Å²) < 4.78 is 5.65. The van der Waals surface area contributed by atoms with Gasteiger partial charge < -0.3 is 9.32 Å². The summed E-state index contributed by atoms with van der Waals surface area (Å²) in [5.74, 6) is 0.671. The molecule has 0 radical (unpaired) electrons. The lowest BCUT2D eigenvalue weighted by Gasteiger charge is -2.20. The Morgan fingerprint density at radius 2 is 1.73 bits per heavy atom. The van der Waals surface area contributed by atoms with Crippen molar-refractivity contribution < 1.29 is 14.1 Å². The second-order valence-electron chi connectivity index (χ2n) is 6.42. The molecule has 2 aromatic carbocycles. The molecule has 0 aliphatic heterocycles. The molecule has 1 heterocycles. The SMILES string of the molecule is CCN(CC)c1ccc(C(=O)N/N=C\c2ccc(-c3ccc([N+](=O)[O-])cc3)o2)cc1. The van der Waals surface area contributed by atoms with Crippen LogP contribution in [0.4, 0.5) is 11.4 Å². The van der Waals surface area contributed by atoms with E-state index in [4.69, 9.17) is 4.42 Å². The summed E-state index contributed by atoms with van der Waals surface area (Å²) in [7, 11) is 0. The third-order valence-corrected chi connectivity index (χ3v) is 4.61. The lowest BCUT2D eigenvalue weighted by atomic mass is 10.1. The first-order valence-electron chi connectivity index (χ1n) is 9.55. The maximum atomic E-state index is 12.2. The van der Waals surface area contributed by atoms with E-state index in [1.54, 1.807) is 36.4 Å². The fraction of sp³-hybridized carbons (Fsp3) is 0.182. The van der Waals surface area contributed by atoms with E-state index in [-0.39, 0.29) is 11.6 Å². The Kier molecular flexibility index (Phi) is 6.59. The monoisotopic (exact) mass is 406 g/mol. The van der Waals surface area contributed by atoms with Crippen molar-refractivity contribution in [1.29, 1.82) is 0 Å². The number of hydrazone groups is 1. The van der Waals surface area contributed by atoms with E-state index in [2.05, 4.69) is 29.3 Å². The molecule has 0 atom stereocenters. The Morgan fingerprint density at radius 3 is 2.33 bits per heavy atom. The molecule has 0 saturated heterocycles. The molecule has 0 aliphatic rings. The number of nitrogens with zero attached hydrogens (tertiary/aromatic N) is 3. The van der Waals surface area contributed by atoms with Crippen LogP contribution in [0.5, 0.6) is 0 Å². The minimum absolute atomic E-state index is 0.0138. The van der Waals surface area contributed by atoms with Crippen LogP contribution in [0.2, 0.25) is 0 Å². The smallest absolute Gasteiger partial charge is 0.271 e. The zero-order chi connectivity index (χ0) is 21.5. The van der Waals surface area contributed by atoms with Gasteiger partial charge in [-0.05, 0) is 62.4 Å². The fourth-order valence-corrected chi connectivity index (χ4v) is 2.96. The number of benzene rings is 2. The predicted molar refractivity (Wildman–Crippen MR) is 116 cm³/mol. The molecule has 1 amide bonds. The van der Waals surface area contributed by atoms with E-state index in [0.717, 1.165) is 18.8 Å². The van der Waals surface area contributed by atoms with Crippen LogP contribution in [-0.4, -0.2) is 30.1 Å². The number of non-ortho nitro benzene ring substituents is 1. The number of anilines is 1. The van der Waals surface area contributed by atoms with Crippen molar-refractivity contribution in [3.05, 3.63) is 82.1 Å². The van der Waals surface area contributed by atoms with Crippen molar-refractivity contribution in [3.63, 3.8) is 0 Å². The number of furan rings is 1. The topological polar surface area (TPSA) is 101 Å². The van der Waals surface area contributed by atoms with Crippen LogP contribution in [0, 0.1) is 10.1 Å². The average molecular weight is 406 g/mol. The van der Waals surface area contributed by atoms with Gasteiger partial charge in [0, 0.05) is 42.0 Å². The van der Waals surface area contributed by atoms with Crippen molar-refractivity contribution in [1.82, 2.24) is 5.43 Å². The normalized spacial score (nSPS) is 10.9. The highest BCUT2D eigenvalue weighted by molar-refractivity contribution is 5.95. The first kappa shape index (κ1) is 20.8. The zero-order valence-corrected chi connectivity index (χ0v) is 16.7. The highest BCUT2D eigenvalue weighted by atomic mass is 16.6. The molecule has 0 unspecified atom stereocenters. The molecule has 1 N–H and O–H groups in total. The van der Waals surface area contributed by atoms with Crippen molar-refractivity contribution in [2.75, 3.05) is 18.0 Å². The summed E-state index contributed by atoms with van der Waals surface area (Å²) in [5.41, 5.74) is 4.77. The number of rotatable bonds is 8. The number of nitrogens with one attached hydrogen (secondary N) is 1. The van der Waals surface area contributed by atoms with Crippen molar-refractivity contribution in [2.45, 2.75) is 13.8 Å². The van der Waals surface area contributed by atoms with Crippen molar-refractivity contribution in [2.24, 2.45) is 5.10 Å².